The first-order valence-electron chi connectivity index (χ1n) is 10.7. The molecule has 1 aromatic heterocycles. The van der Waals surface area contributed by atoms with Crippen molar-refractivity contribution in [3.8, 4) is 5.75 Å². The fraction of sp³-hybridized carbons (Fsp3) is 0.455. The van der Waals surface area contributed by atoms with Crippen molar-refractivity contribution >= 4 is 23.3 Å². The summed E-state index contributed by atoms with van der Waals surface area (Å²) in [6.07, 6.45) is 1.99. The molecule has 0 unspecified atom stereocenters. The molecule has 2 aromatic rings. The van der Waals surface area contributed by atoms with E-state index in [-0.39, 0.29) is 36.3 Å². The maximum Gasteiger partial charge on any atom is 0.330 e. The SMILES string of the molecule is CCCCn1c(N)c(N(C)C(=O)CCCNC(=O)c2ccccc2OCC)c(=O)[nH]c1=O. The highest BCUT2D eigenvalue weighted by Gasteiger charge is 2.20. The van der Waals surface area contributed by atoms with Gasteiger partial charge in [0.1, 0.15) is 11.6 Å². The Bertz CT molecular complexity index is 1060. The Kier molecular flexibility index (Phi) is 9.06. The van der Waals surface area contributed by atoms with Gasteiger partial charge >= 0.3 is 5.69 Å². The van der Waals surface area contributed by atoms with Crippen molar-refractivity contribution in [3.05, 3.63) is 50.7 Å². The Morgan fingerprint density at radius 1 is 1.19 bits per heavy atom. The molecule has 0 aliphatic rings. The van der Waals surface area contributed by atoms with Gasteiger partial charge in [0.05, 0.1) is 12.2 Å². The van der Waals surface area contributed by atoms with E-state index in [1.54, 1.807) is 24.3 Å². The van der Waals surface area contributed by atoms with Gasteiger partial charge in [-0.2, -0.15) is 0 Å². The molecule has 10 nitrogen and oxygen atoms in total. The standard InChI is InChI=1S/C22H31N5O5/c1-4-6-14-27-19(23)18(21(30)25-22(27)31)26(3)17(28)12-9-13-24-20(29)15-10-7-8-11-16(15)32-5-2/h7-8,10-11H,4-6,9,12-14,23H2,1-3H3,(H,24,29)(H,25,30,31). The minimum Gasteiger partial charge on any atom is -0.493 e. The molecule has 4 N–H and O–H groups in total. The Morgan fingerprint density at radius 2 is 1.91 bits per heavy atom. The summed E-state index contributed by atoms with van der Waals surface area (Å²) in [5.74, 6) is -0.189. The van der Waals surface area contributed by atoms with Crippen molar-refractivity contribution in [3.63, 3.8) is 0 Å². The second-order valence-electron chi connectivity index (χ2n) is 7.24. The van der Waals surface area contributed by atoms with Crippen LogP contribution in [0.3, 0.4) is 0 Å². The number of nitrogens with zero attached hydrogens (tertiary/aromatic N) is 2. The Hall–Kier alpha value is -3.56. The first-order valence-corrected chi connectivity index (χ1v) is 10.7. The van der Waals surface area contributed by atoms with Gasteiger partial charge < -0.3 is 20.7 Å². The molecule has 0 bridgehead atoms. The predicted octanol–water partition coefficient (Wildman–Crippen LogP) is 1.49. The van der Waals surface area contributed by atoms with E-state index < -0.39 is 11.2 Å². The number of rotatable bonds is 11. The Balaban J connectivity index is 1.99. The molecule has 1 heterocycles. The van der Waals surface area contributed by atoms with Crippen LogP contribution in [0.5, 0.6) is 5.75 Å². The molecule has 0 radical (unpaired) electrons. The van der Waals surface area contributed by atoms with Gasteiger partial charge in [-0.05, 0) is 31.9 Å². The van der Waals surface area contributed by atoms with E-state index in [0.29, 0.717) is 37.3 Å². The number of nitrogens with two attached hydrogens (primary N) is 1. The van der Waals surface area contributed by atoms with Crippen LogP contribution in [-0.4, -0.2) is 41.6 Å². The highest BCUT2D eigenvalue weighted by atomic mass is 16.5. The first kappa shape index (κ1) is 24.7. The van der Waals surface area contributed by atoms with Crippen LogP contribution < -0.4 is 31.9 Å². The topological polar surface area (TPSA) is 140 Å². The number of benzene rings is 1. The number of anilines is 2. The van der Waals surface area contributed by atoms with E-state index >= 15 is 0 Å². The van der Waals surface area contributed by atoms with E-state index in [0.717, 1.165) is 11.3 Å². The van der Waals surface area contributed by atoms with Crippen molar-refractivity contribution in [2.75, 3.05) is 30.8 Å². The quantitative estimate of drug-likeness (QED) is 0.448. The van der Waals surface area contributed by atoms with Gasteiger partial charge in [0.2, 0.25) is 5.91 Å². The molecule has 0 saturated carbocycles. The third kappa shape index (κ3) is 5.99. The molecule has 10 heteroatoms. The van der Waals surface area contributed by atoms with E-state index in [4.69, 9.17) is 10.5 Å². The summed E-state index contributed by atoms with van der Waals surface area (Å²) in [5.41, 5.74) is 5.10. The Labute approximate surface area is 186 Å². The average Bonchev–Trinajstić information content (AvgIpc) is 2.76. The fourth-order valence-corrected chi connectivity index (χ4v) is 3.20. The summed E-state index contributed by atoms with van der Waals surface area (Å²) in [6.45, 7) is 4.87. The molecule has 2 amide bonds. The number of ether oxygens (including phenoxy) is 1. The fourth-order valence-electron chi connectivity index (χ4n) is 3.20. The summed E-state index contributed by atoms with van der Waals surface area (Å²) < 4.78 is 6.72. The third-order valence-corrected chi connectivity index (χ3v) is 4.94. The largest absolute Gasteiger partial charge is 0.493 e. The second-order valence-corrected chi connectivity index (χ2v) is 7.24. The summed E-state index contributed by atoms with van der Waals surface area (Å²) in [5, 5.41) is 2.77. The minimum absolute atomic E-state index is 0.0381. The lowest BCUT2D eigenvalue weighted by molar-refractivity contribution is -0.118. The molecular weight excluding hydrogens is 414 g/mol. The van der Waals surface area contributed by atoms with Crippen LogP contribution in [0.15, 0.2) is 33.9 Å². The number of hydrogen-bond donors (Lipinski definition) is 3. The zero-order valence-electron chi connectivity index (χ0n) is 18.8. The molecule has 0 aliphatic heterocycles. The summed E-state index contributed by atoms with van der Waals surface area (Å²) >= 11 is 0. The van der Waals surface area contributed by atoms with Crippen molar-refractivity contribution in [1.82, 2.24) is 14.9 Å². The molecular formula is C22H31N5O5. The minimum atomic E-state index is -0.711. The maximum atomic E-state index is 12.6. The molecule has 2 rings (SSSR count). The number of aromatic nitrogens is 2. The molecule has 0 spiro atoms. The monoisotopic (exact) mass is 445 g/mol. The van der Waals surface area contributed by atoms with Crippen LogP contribution in [0.2, 0.25) is 0 Å². The normalized spacial score (nSPS) is 10.6. The lowest BCUT2D eigenvalue weighted by atomic mass is 10.2. The number of H-pyrrole nitrogens is 1. The number of carbonyl (C=O) groups excluding carboxylic acids is 2. The van der Waals surface area contributed by atoms with E-state index in [9.17, 15) is 19.2 Å². The number of amides is 2. The van der Waals surface area contributed by atoms with E-state index in [1.165, 1.54) is 11.6 Å². The molecule has 0 fully saturated rings. The van der Waals surface area contributed by atoms with Crippen molar-refractivity contribution in [1.29, 1.82) is 0 Å². The van der Waals surface area contributed by atoms with E-state index in [2.05, 4.69) is 10.3 Å². The number of nitrogen functional groups attached to an aromatic ring is 1. The Morgan fingerprint density at radius 3 is 2.59 bits per heavy atom. The van der Waals surface area contributed by atoms with Gasteiger partial charge in [-0.25, -0.2) is 4.79 Å². The zero-order chi connectivity index (χ0) is 23.7. The summed E-state index contributed by atoms with van der Waals surface area (Å²) in [7, 11) is 1.44. The third-order valence-electron chi connectivity index (χ3n) is 4.94. The average molecular weight is 446 g/mol. The van der Waals surface area contributed by atoms with Gasteiger partial charge in [0.15, 0.2) is 5.69 Å². The lowest BCUT2D eigenvalue weighted by Crippen LogP contribution is -2.39. The zero-order valence-corrected chi connectivity index (χ0v) is 18.8. The van der Waals surface area contributed by atoms with Gasteiger partial charge in [-0.3, -0.25) is 23.9 Å². The molecule has 174 valence electrons. The van der Waals surface area contributed by atoms with Crippen molar-refractivity contribution in [2.45, 2.75) is 46.1 Å². The number of para-hydroxylation sites is 1. The van der Waals surface area contributed by atoms with Crippen LogP contribution in [-0.2, 0) is 11.3 Å². The van der Waals surface area contributed by atoms with Crippen LogP contribution in [0.25, 0.3) is 0 Å². The molecule has 1 aromatic carbocycles. The molecule has 0 aliphatic carbocycles. The highest BCUT2D eigenvalue weighted by Crippen LogP contribution is 2.18. The molecule has 0 saturated heterocycles. The van der Waals surface area contributed by atoms with Gasteiger partial charge in [-0.1, -0.05) is 25.5 Å². The number of hydrogen-bond acceptors (Lipinski definition) is 6. The van der Waals surface area contributed by atoms with E-state index in [1.807, 2.05) is 13.8 Å². The van der Waals surface area contributed by atoms with Crippen LogP contribution >= 0.6 is 0 Å². The lowest BCUT2D eigenvalue weighted by Gasteiger charge is -2.20. The van der Waals surface area contributed by atoms with Gasteiger partial charge in [0, 0.05) is 26.6 Å². The second kappa shape index (κ2) is 11.7. The smallest absolute Gasteiger partial charge is 0.330 e. The predicted molar refractivity (Wildman–Crippen MR) is 123 cm³/mol. The molecule has 32 heavy (non-hydrogen) atoms. The number of aromatic amines is 1. The van der Waals surface area contributed by atoms with Gasteiger partial charge in [-0.15, -0.1) is 0 Å². The number of carbonyl (C=O) groups is 2. The van der Waals surface area contributed by atoms with Crippen LogP contribution in [0.1, 0.15) is 49.9 Å². The number of unbranched alkanes of at least 4 members (excludes halogenated alkanes) is 1. The maximum absolute atomic E-state index is 12.6. The van der Waals surface area contributed by atoms with Crippen molar-refractivity contribution in [2.24, 2.45) is 0 Å². The van der Waals surface area contributed by atoms with Gasteiger partial charge in [0.25, 0.3) is 11.5 Å². The highest BCUT2D eigenvalue weighted by molar-refractivity contribution is 5.97. The summed E-state index contributed by atoms with van der Waals surface area (Å²) in [4.78, 5) is 52.7. The van der Waals surface area contributed by atoms with Crippen molar-refractivity contribution < 1.29 is 14.3 Å². The number of nitrogens with one attached hydrogen (secondary N) is 2. The van der Waals surface area contributed by atoms with Crippen LogP contribution in [0, 0.1) is 0 Å². The van der Waals surface area contributed by atoms with Crippen LogP contribution in [0.4, 0.5) is 11.5 Å². The molecule has 0 atom stereocenters. The summed E-state index contributed by atoms with van der Waals surface area (Å²) in [6, 6.07) is 6.92. The first-order chi connectivity index (χ1) is 15.3.